The van der Waals surface area contributed by atoms with Gasteiger partial charge in [-0.3, -0.25) is 0 Å². The average molecular weight is 246 g/mol. The Hall–Kier alpha value is -1.75. The summed E-state index contributed by atoms with van der Waals surface area (Å²) in [7, 11) is 0. The van der Waals surface area contributed by atoms with Gasteiger partial charge in [0.1, 0.15) is 5.82 Å². The van der Waals surface area contributed by atoms with Crippen molar-refractivity contribution >= 4 is 23.1 Å². The van der Waals surface area contributed by atoms with E-state index >= 15 is 0 Å². The van der Waals surface area contributed by atoms with Crippen LogP contribution in [0.25, 0.3) is 0 Å². The molecule has 88 valence electrons. The van der Waals surface area contributed by atoms with Gasteiger partial charge >= 0.3 is 0 Å². The number of benzene rings is 1. The maximum absolute atomic E-state index is 5.95. The van der Waals surface area contributed by atoms with E-state index in [0.717, 1.165) is 16.3 Å². The highest BCUT2D eigenvalue weighted by atomic mass is 32.2. The van der Waals surface area contributed by atoms with E-state index in [1.807, 2.05) is 12.3 Å². The van der Waals surface area contributed by atoms with Crippen LogP contribution in [0, 0.1) is 0 Å². The first-order chi connectivity index (χ1) is 8.20. The van der Waals surface area contributed by atoms with Crippen LogP contribution in [0.1, 0.15) is 11.4 Å². The number of thioether (sulfide) groups is 1. The molecule has 0 saturated carbocycles. The molecule has 0 radical (unpaired) electrons. The van der Waals surface area contributed by atoms with E-state index in [9.17, 15) is 0 Å². The number of rotatable bonds is 3. The number of aromatic nitrogens is 2. The van der Waals surface area contributed by atoms with Gasteiger partial charge in [0.15, 0.2) is 0 Å². The molecule has 1 aromatic heterocycles. The molecule has 2 rings (SSSR count). The topological polar surface area (TPSA) is 77.8 Å². The highest BCUT2D eigenvalue weighted by Gasteiger charge is 2.07. The minimum Gasteiger partial charge on any atom is -0.398 e. The van der Waals surface area contributed by atoms with Crippen LogP contribution in [0.4, 0.5) is 11.4 Å². The molecule has 5 heteroatoms. The van der Waals surface area contributed by atoms with Gasteiger partial charge in [0.25, 0.3) is 0 Å². The van der Waals surface area contributed by atoms with Gasteiger partial charge in [0.05, 0.1) is 0 Å². The standard InChI is InChI=1S/C12H14N4S/c1-17-11-5-8(9(13)7-10(11)14)6-12-15-3-2-4-16-12/h2-5,7H,6,13-14H2,1H3. The lowest BCUT2D eigenvalue weighted by atomic mass is 10.1. The zero-order valence-corrected chi connectivity index (χ0v) is 10.4. The van der Waals surface area contributed by atoms with Gasteiger partial charge < -0.3 is 11.5 Å². The number of hydrogen-bond acceptors (Lipinski definition) is 5. The molecule has 0 atom stereocenters. The quantitative estimate of drug-likeness (QED) is 0.639. The minimum absolute atomic E-state index is 0.626. The van der Waals surface area contributed by atoms with Crippen LogP contribution in [0.2, 0.25) is 0 Å². The van der Waals surface area contributed by atoms with Crippen LogP contribution in [-0.4, -0.2) is 16.2 Å². The summed E-state index contributed by atoms with van der Waals surface area (Å²) in [6.07, 6.45) is 6.07. The molecule has 1 aromatic carbocycles. The fourth-order valence-corrected chi connectivity index (χ4v) is 2.13. The molecule has 0 saturated heterocycles. The van der Waals surface area contributed by atoms with Crippen LogP contribution in [0.15, 0.2) is 35.5 Å². The van der Waals surface area contributed by atoms with E-state index < -0.39 is 0 Å². The molecule has 0 unspecified atom stereocenters. The molecule has 0 amide bonds. The summed E-state index contributed by atoms with van der Waals surface area (Å²) in [6, 6.07) is 5.60. The zero-order chi connectivity index (χ0) is 12.3. The van der Waals surface area contributed by atoms with Gasteiger partial charge in [-0.05, 0) is 30.0 Å². The lowest BCUT2D eigenvalue weighted by Gasteiger charge is -2.09. The summed E-state index contributed by atoms with van der Waals surface area (Å²) >= 11 is 1.61. The summed E-state index contributed by atoms with van der Waals surface area (Å²) in [5, 5.41) is 0. The molecular formula is C12H14N4S. The summed E-state index contributed by atoms with van der Waals surface area (Å²) in [4.78, 5) is 9.41. The molecule has 0 aliphatic rings. The molecule has 17 heavy (non-hydrogen) atoms. The number of nitrogen functional groups attached to an aromatic ring is 2. The average Bonchev–Trinajstić information content (AvgIpc) is 2.34. The molecule has 0 spiro atoms. The molecule has 4 N–H and O–H groups in total. The summed E-state index contributed by atoms with van der Waals surface area (Å²) in [6.45, 7) is 0. The smallest absolute Gasteiger partial charge is 0.132 e. The first-order valence-electron chi connectivity index (χ1n) is 5.18. The Morgan fingerprint density at radius 3 is 2.47 bits per heavy atom. The van der Waals surface area contributed by atoms with Crippen LogP contribution in [-0.2, 0) is 6.42 Å². The fraction of sp³-hybridized carbons (Fsp3) is 0.167. The Morgan fingerprint density at radius 2 is 1.82 bits per heavy atom. The van der Waals surface area contributed by atoms with Gasteiger partial charge in [-0.15, -0.1) is 11.8 Å². The Balaban J connectivity index is 2.33. The van der Waals surface area contributed by atoms with E-state index in [4.69, 9.17) is 11.5 Å². The van der Waals surface area contributed by atoms with E-state index in [-0.39, 0.29) is 0 Å². The second kappa shape index (κ2) is 5.05. The molecule has 4 nitrogen and oxygen atoms in total. The van der Waals surface area contributed by atoms with Crippen molar-refractivity contribution in [3.63, 3.8) is 0 Å². The third-order valence-electron chi connectivity index (χ3n) is 2.46. The third-order valence-corrected chi connectivity index (χ3v) is 3.25. The number of anilines is 2. The highest BCUT2D eigenvalue weighted by molar-refractivity contribution is 7.98. The minimum atomic E-state index is 0.626. The Morgan fingerprint density at radius 1 is 1.12 bits per heavy atom. The Labute approximate surface area is 104 Å². The van der Waals surface area contributed by atoms with E-state index in [1.54, 1.807) is 36.3 Å². The Bertz CT molecular complexity index is 513. The van der Waals surface area contributed by atoms with Crippen molar-refractivity contribution in [1.29, 1.82) is 0 Å². The van der Waals surface area contributed by atoms with Crippen molar-refractivity contribution in [2.45, 2.75) is 11.3 Å². The van der Waals surface area contributed by atoms with E-state index in [1.165, 1.54) is 0 Å². The predicted octanol–water partition coefficient (Wildman–Crippen LogP) is 1.95. The summed E-state index contributed by atoms with van der Waals surface area (Å²) in [5.74, 6) is 0.760. The Kier molecular flexibility index (Phi) is 3.49. The van der Waals surface area contributed by atoms with Gasteiger partial charge in [-0.2, -0.15) is 0 Å². The van der Waals surface area contributed by atoms with Crippen molar-refractivity contribution in [3.8, 4) is 0 Å². The van der Waals surface area contributed by atoms with Crippen LogP contribution >= 0.6 is 11.8 Å². The normalized spacial score (nSPS) is 10.4. The fourth-order valence-electron chi connectivity index (χ4n) is 1.58. The first kappa shape index (κ1) is 11.7. The van der Waals surface area contributed by atoms with Crippen LogP contribution in [0.5, 0.6) is 0 Å². The molecular weight excluding hydrogens is 232 g/mol. The SMILES string of the molecule is CSc1cc(Cc2ncccn2)c(N)cc1N. The van der Waals surface area contributed by atoms with E-state index in [0.29, 0.717) is 17.8 Å². The van der Waals surface area contributed by atoms with E-state index in [2.05, 4.69) is 9.97 Å². The van der Waals surface area contributed by atoms with Gasteiger partial charge in [-0.25, -0.2) is 9.97 Å². The highest BCUT2D eigenvalue weighted by Crippen LogP contribution is 2.28. The number of nitrogens with zero attached hydrogens (tertiary/aromatic N) is 2. The summed E-state index contributed by atoms with van der Waals surface area (Å²) in [5.41, 5.74) is 14.2. The molecule has 1 heterocycles. The van der Waals surface area contributed by atoms with Gasteiger partial charge in [0, 0.05) is 35.1 Å². The van der Waals surface area contributed by atoms with Gasteiger partial charge in [0.2, 0.25) is 0 Å². The maximum atomic E-state index is 5.95. The molecule has 0 bridgehead atoms. The summed E-state index contributed by atoms with van der Waals surface area (Å²) < 4.78 is 0. The number of hydrogen-bond donors (Lipinski definition) is 2. The molecule has 0 fully saturated rings. The maximum Gasteiger partial charge on any atom is 0.132 e. The van der Waals surface area contributed by atoms with Gasteiger partial charge in [-0.1, -0.05) is 0 Å². The van der Waals surface area contributed by atoms with Crippen molar-refractivity contribution in [2.75, 3.05) is 17.7 Å². The monoisotopic (exact) mass is 246 g/mol. The lowest BCUT2D eigenvalue weighted by molar-refractivity contribution is 0.967. The van der Waals surface area contributed by atoms with Crippen molar-refractivity contribution in [2.24, 2.45) is 0 Å². The first-order valence-corrected chi connectivity index (χ1v) is 6.41. The molecule has 0 aliphatic carbocycles. The second-order valence-corrected chi connectivity index (χ2v) is 4.48. The third kappa shape index (κ3) is 2.68. The second-order valence-electron chi connectivity index (χ2n) is 3.63. The molecule has 2 aromatic rings. The zero-order valence-electron chi connectivity index (χ0n) is 9.55. The lowest BCUT2D eigenvalue weighted by Crippen LogP contribution is -2.01. The predicted molar refractivity (Wildman–Crippen MR) is 71.9 cm³/mol. The number of nitrogens with two attached hydrogens (primary N) is 2. The molecule has 0 aliphatic heterocycles. The van der Waals surface area contributed by atoms with Crippen LogP contribution < -0.4 is 11.5 Å². The largest absolute Gasteiger partial charge is 0.398 e. The van der Waals surface area contributed by atoms with Crippen molar-refractivity contribution in [3.05, 3.63) is 42.0 Å². The van der Waals surface area contributed by atoms with Crippen molar-refractivity contribution in [1.82, 2.24) is 9.97 Å². The van der Waals surface area contributed by atoms with Crippen LogP contribution in [0.3, 0.4) is 0 Å². The van der Waals surface area contributed by atoms with Crippen molar-refractivity contribution < 1.29 is 0 Å².